The molecule has 10 heteroatoms. The summed E-state index contributed by atoms with van der Waals surface area (Å²) in [5, 5.41) is 24.1. The van der Waals surface area contributed by atoms with Gasteiger partial charge in [-0.1, -0.05) is 211 Å². The Bertz CT molecular complexity index is 1060. The van der Waals surface area contributed by atoms with Gasteiger partial charge >= 0.3 is 7.82 Å². The summed E-state index contributed by atoms with van der Waals surface area (Å²) in [7, 11) is -4.41. The van der Waals surface area contributed by atoms with Gasteiger partial charge in [0, 0.05) is 6.54 Å². The number of nitrogens with one attached hydrogen (secondary N) is 1. The van der Waals surface area contributed by atoms with Crippen molar-refractivity contribution in [1.82, 2.24) is 5.32 Å². The van der Waals surface area contributed by atoms with Crippen molar-refractivity contribution in [3.05, 3.63) is 36.5 Å². The monoisotopic (exact) mass is 869 g/mol. The minimum absolute atomic E-state index is 0.0437. The number of amides is 1. The van der Waals surface area contributed by atoms with E-state index in [0.29, 0.717) is 12.8 Å². The Labute approximate surface area is 370 Å². The number of allylic oxidation sites excluding steroid dienone is 5. The van der Waals surface area contributed by atoms with E-state index in [4.69, 9.17) is 14.8 Å². The fourth-order valence-corrected chi connectivity index (χ4v) is 8.18. The Kier molecular flexibility index (Phi) is 44.7. The van der Waals surface area contributed by atoms with Crippen molar-refractivity contribution in [2.24, 2.45) is 5.73 Å². The molecule has 0 spiro atoms. The Morgan fingerprint density at radius 2 is 0.950 bits per heavy atom. The molecule has 0 aliphatic heterocycles. The summed E-state index contributed by atoms with van der Waals surface area (Å²) in [4.78, 5) is 22.8. The average Bonchev–Trinajstić information content (AvgIpc) is 3.23. The molecular weight excluding hydrogens is 772 g/mol. The van der Waals surface area contributed by atoms with Gasteiger partial charge in [-0.3, -0.25) is 13.8 Å². The van der Waals surface area contributed by atoms with Gasteiger partial charge in [0.25, 0.3) is 0 Å². The molecule has 0 saturated carbocycles. The average molecular weight is 869 g/mol. The fraction of sp³-hybridized carbons (Fsp3) is 0.860. The van der Waals surface area contributed by atoms with Crippen molar-refractivity contribution in [2.75, 3.05) is 19.8 Å². The van der Waals surface area contributed by atoms with Crippen LogP contribution < -0.4 is 11.1 Å². The Morgan fingerprint density at radius 1 is 0.567 bits per heavy atom. The van der Waals surface area contributed by atoms with Gasteiger partial charge in [0.1, 0.15) is 0 Å². The summed E-state index contributed by atoms with van der Waals surface area (Å²) in [6.45, 7) is 3.97. The highest BCUT2D eigenvalue weighted by molar-refractivity contribution is 7.47. The van der Waals surface area contributed by atoms with Crippen molar-refractivity contribution in [2.45, 2.75) is 257 Å². The van der Waals surface area contributed by atoms with Gasteiger partial charge < -0.3 is 26.2 Å². The molecule has 0 aromatic heterocycles. The second-order valence-electron chi connectivity index (χ2n) is 17.2. The number of carbonyl (C=O) groups excluding carboxylic acids is 1. The van der Waals surface area contributed by atoms with E-state index in [1.165, 1.54) is 161 Å². The lowest BCUT2D eigenvalue weighted by atomic mass is 10.0. The lowest BCUT2D eigenvalue weighted by Crippen LogP contribution is -2.46. The molecule has 0 saturated heterocycles. The topological polar surface area (TPSA) is 151 Å². The van der Waals surface area contributed by atoms with Crippen LogP contribution in [-0.2, 0) is 18.4 Å². The maximum atomic E-state index is 12.9. The van der Waals surface area contributed by atoms with Crippen molar-refractivity contribution in [3.63, 3.8) is 0 Å². The molecule has 0 radical (unpaired) electrons. The maximum absolute atomic E-state index is 12.9. The van der Waals surface area contributed by atoms with Crippen LogP contribution in [0.5, 0.6) is 0 Å². The molecule has 9 nitrogen and oxygen atoms in total. The van der Waals surface area contributed by atoms with Gasteiger partial charge in [-0.25, -0.2) is 4.57 Å². The normalized spacial score (nSPS) is 14.7. The second kappa shape index (κ2) is 45.7. The predicted octanol–water partition coefficient (Wildman–Crippen LogP) is 13.6. The summed E-state index contributed by atoms with van der Waals surface area (Å²) in [6, 6.07) is -1.00. The highest BCUT2D eigenvalue weighted by Crippen LogP contribution is 2.43. The number of aliphatic hydroxyl groups is 2. The van der Waals surface area contributed by atoms with E-state index in [0.717, 1.165) is 44.9 Å². The summed E-state index contributed by atoms with van der Waals surface area (Å²) in [5.74, 6) is -0.458. The van der Waals surface area contributed by atoms with Crippen LogP contribution in [0.3, 0.4) is 0 Å². The lowest BCUT2D eigenvalue weighted by Gasteiger charge is -2.24. The van der Waals surface area contributed by atoms with Crippen LogP contribution in [0.1, 0.15) is 239 Å². The minimum atomic E-state index is -4.41. The van der Waals surface area contributed by atoms with Gasteiger partial charge in [0.2, 0.25) is 5.91 Å². The third-order valence-electron chi connectivity index (χ3n) is 11.2. The molecule has 0 fully saturated rings. The molecule has 354 valence electrons. The zero-order valence-corrected chi connectivity index (χ0v) is 40.0. The predicted molar refractivity (Wildman–Crippen MR) is 255 cm³/mol. The van der Waals surface area contributed by atoms with E-state index < -0.39 is 38.6 Å². The zero-order chi connectivity index (χ0) is 44.0. The van der Waals surface area contributed by atoms with Gasteiger partial charge in [-0.15, -0.1) is 0 Å². The molecule has 60 heavy (non-hydrogen) atoms. The van der Waals surface area contributed by atoms with Crippen molar-refractivity contribution in [3.8, 4) is 0 Å². The SMILES string of the molecule is CCCCCCCCCCC/C=C\CCCCCCCC(O)CC(=O)NC(COP(=O)(O)OCCN)C(O)/C=C/CC/C=C/CCCCCCCCCCCCCCCC. The molecule has 6 N–H and O–H groups in total. The van der Waals surface area contributed by atoms with Crippen molar-refractivity contribution in [1.29, 1.82) is 0 Å². The molecule has 0 bridgehead atoms. The van der Waals surface area contributed by atoms with Crippen LogP contribution in [0.2, 0.25) is 0 Å². The zero-order valence-electron chi connectivity index (χ0n) is 39.1. The third-order valence-corrected chi connectivity index (χ3v) is 12.2. The first kappa shape index (κ1) is 58.7. The quantitative estimate of drug-likeness (QED) is 0.0230. The molecular formula is C50H97N2O7P. The molecule has 0 rings (SSSR count). The molecule has 0 aliphatic rings. The Morgan fingerprint density at radius 3 is 1.38 bits per heavy atom. The van der Waals surface area contributed by atoms with Crippen molar-refractivity contribution < 1.29 is 33.5 Å². The van der Waals surface area contributed by atoms with Crippen LogP contribution in [0, 0.1) is 0 Å². The van der Waals surface area contributed by atoms with Gasteiger partial charge in [-0.05, 0) is 57.8 Å². The van der Waals surface area contributed by atoms with E-state index in [9.17, 15) is 24.5 Å². The number of phosphoric acid groups is 1. The molecule has 0 heterocycles. The van der Waals surface area contributed by atoms with E-state index in [1.54, 1.807) is 6.08 Å². The standard InChI is InChI=1S/C50H97N2O7P/c1-3-5-7-9-11-13-15-17-19-21-23-24-26-28-30-32-34-36-38-40-42-49(54)48(46-59-60(56,57)58-44-43-51)52-50(55)45-47(53)41-39-37-35-33-31-29-27-25-22-20-18-16-14-12-10-8-6-4-2/h25,27,32,34,40,42,47-49,53-54H,3-24,26,28-31,33,35-39,41,43-46,51H2,1-2H3,(H,52,55)(H,56,57)/b27-25-,34-32+,42-40+. The lowest BCUT2D eigenvalue weighted by molar-refractivity contribution is -0.124. The van der Waals surface area contributed by atoms with Gasteiger partial charge in [0.05, 0.1) is 37.9 Å². The second-order valence-corrected chi connectivity index (χ2v) is 18.7. The molecule has 4 atom stereocenters. The molecule has 0 aromatic carbocycles. The summed E-state index contributed by atoms with van der Waals surface area (Å²) >= 11 is 0. The number of nitrogens with two attached hydrogens (primary N) is 1. The number of phosphoric ester groups is 1. The highest BCUT2D eigenvalue weighted by atomic mass is 31.2. The fourth-order valence-electron chi connectivity index (χ4n) is 7.42. The first-order valence-electron chi connectivity index (χ1n) is 25.2. The van der Waals surface area contributed by atoms with E-state index in [-0.39, 0.29) is 19.6 Å². The minimum Gasteiger partial charge on any atom is -0.393 e. The van der Waals surface area contributed by atoms with Crippen LogP contribution in [0.25, 0.3) is 0 Å². The maximum Gasteiger partial charge on any atom is 0.472 e. The summed E-state index contributed by atoms with van der Waals surface area (Å²) in [6.07, 6.45) is 52.4. The van der Waals surface area contributed by atoms with E-state index >= 15 is 0 Å². The van der Waals surface area contributed by atoms with Crippen LogP contribution >= 0.6 is 7.82 Å². The van der Waals surface area contributed by atoms with E-state index in [2.05, 4.69) is 43.5 Å². The molecule has 0 aromatic rings. The largest absolute Gasteiger partial charge is 0.472 e. The number of carbonyl (C=O) groups is 1. The smallest absolute Gasteiger partial charge is 0.393 e. The number of hydrogen-bond acceptors (Lipinski definition) is 7. The first-order valence-corrected chi connectivity index (χ1v) is 26.7. The number of rotatable bonds is 47. The number of aliphatic hydroxyl groups excluding tert-OH is 2. The molecule has 4 unspecified atom stereocenters. The van der Waals surface area contributed by atoms with Crippen LogP contribution in [0.4, 0.5) is 0 Å². The number of hydrogen-bond donors (Lipinski definition) is 5. The molecule has 0 aliphatic carbocycles. The Hall–Kier alpha value is -1.32. The Balaban J connectivity index is 4.27. The third kappa shape index (κ3) is 43.3. The highest BCUT2D eigenvalue weighted by Gasteiger charge is 2.27. The van der Waals surface area contributed by atoms with Crippen molar-refractivity contribution >= 4 is 13.7 Å². The van der Waals surface area contributed by atoms with Crippen LogP contribution in [0.15, 0.2) is 36.5 Å². The summed E-state index contributed by atoms with van der Waals surface area (Å²) in [5.41, 5.74) is 5.38. The molecule has 1 amide bonds. The van der Waals surface area contributed by atoms with Crippen LogP contribution in [-0.4, -0.2) is 59.0 Å². The van der Waals surface area contributed by atoms with Gasteiger partial charge in [0.15, 0.2) is 0 Å². The summed E-state index contributed by atoms with van der Waals surface area (Å²) < 4.78 is 22.1. The van der Waals surface area contributed by atoms with E-state index in [1.807, 2.05) is 6.08 Å². The number of unbranched alkanes of at least 4 members (excludes halogenated alkanes) is 29. The first-order chi connectivity index (χ1) is 29.3. The van der Waals surface area contributed by atoms with Gasteiger partial charge in [-0.2, -0.15) is 0 Å².